The van der Waals surface area contributed by atoms with Crippen molar-refractivity contribution in [1.82, 2.24) is 0 Å². The lowest BCUT2D eigenvalue weighted by Crippen LogP contribution is -2.67. The molecule has 0 aromatic carbocycles. The summed E-state index contributed by atoms with van der Waals surface area (Å²) in [6, 6.07) is 0. The van der Waals surface area contributed by atoms with Gasteiger partial charge in [0.05, 0.1) is 25.9 Å². The predicted octanol–water partition coefficient (Wildman–Crippen LogP) is -8.35. The smallest absolute Gasteiger partial charge is 0.187 e. The van der Waals surface area contributed by atoms with E-state index in [-0.39, 0.29) is 5.33 Å². The minimum Gasteiger partial charge on any atom is -0.394 e. The maximum absolute atomic E-state index is 10.9. The van der Waals surface area contributed by atoms with Gasteiger partial charge in [-0.25, -0.2) is 0 Å². The van der Waals surface area contributed by atoms with Gasteiger partial charge in [0, 0.05) is 5.33 Å². The summed E-state index contributed by atoms with van der Waals surface area (Å²) in [5.41, 5.74) is 0. The van der Waals surface area contributed by atoms with Crippen molar-refractivity contribution in [3.05, 3.63) is 0 Å². The van der Waals surface area contributed by atoms with Gasteiger partial charge in [-0.3, -0.25) is 0 Å². The number of ether oxygens (including phenoxy) is 7. The van der Waals surface area contributed by atoms with E-state index in [1.165, 1.54) is 0 Å². The molecular weight excluding hydrogens is 688 g/mol. The Balaban J connectivity index is 1.43. The molecule has 13 N–H and O–H groups in total. The first-order valence-electron chi connectivity index (χ1n) is 14.1. The minimum absolute atomic E-state index is 0.00535. The quantitative estimate of drug-likeness (QED) is 0.0929. The lowest BCUT2D eigenvalue weighted by molar-refractivity contribution is -0.386. The average molecular weight is 729 g/mol. The van der Waals surface area contributed by atoms with Crippen molar-refractivity contribution in [2.24, 2.45) is 0 Å². The van der Waals surface area contributed by atoms with Crippen LogP contribution >= 0.6 is 15.9 Å². The number of aliphatic hydroxyl groups excluding tert-OH is 13. The molecule has 4 saturated heterocycles. The largest absolute Gasteiger partial charge is 0.394 e. The minimum atomic E-state index is -2.00. The van der Waals surface area contributed by atoms with E-state index in [0.29, 0.717) is 0 Å². The van der Waals surface area contributed by atoms with E-state index in [1.807, 2.05) is 0 Å². The number of halogens is 1. The monoisotopic (exact) mass is 728 g/mol. The van der Waals surface area contributed by atoms with Crippen LogP contribution in [-0.2, 0) is 33.2 Å². The Bertz CT molecular complexity index is 916. The molecule has 0 bridgehead atoms. The number of hydrogen-bond acceptors (Lipinski definition) is 20. The van der Waals surface area contributed by atoms with Gasteiger partial charge in [0.2, 0.25) is 0 Å². The second-order valence-electron chi connectivity index (χ2n) is 11.1. The molecule has 4 aliphatic rings. The highest BCUT2D eigenvalue weighted by Crippen LogP contribution is 2.34. The first-order chi connectivity index (χ1) is 21.3. The summed E-state index contributed by atoms with van der Waals surface area (Å²) in [7, 11) is 0. The SMILES string of the molecule is OC[C@H]1O[C@@H](O[C@H]2[C@H](O)[C@@H](O)[C@H](O[C@H]3[C@H](O)[C@@H](O)[C@H](O[C@H]4[C@H](O)[C@@H](O)[C@H](O)O[C@@H]4CBr)O[C@@H]3CO)O[C@@H]2CO)[C@H](O)[C@@H](O)[C@H]1O. The van der Waals surface area contributed by atoms with Crippen LogP contribution in [0, 0.1) is 0 Å². The molecule has 0 unspecified atom stereocenters. The van der Waals surface area contributed by atoms with Crippen molar-refractivity contribution in [2.75, 3.05) is 25.2 Å². The van der Waals surface area contributed by atoms with Crippen molar-refractivity contribution >= 4 is 15.9 Å². The van der Waals surface area contributed by atoms with Gasteiger partial charge >= 0.3 is 0 Å². The van der Waals surface area contributed by atoms with E-state index in [2.05, 4.69) is 15.9 Å². The molecular formula is C24H41BrO20. The predicted molar refractivity (Wildman–Crippen MR) is 141 cm³/mol. The third-order valence-corrected chi connectivity index (χ3v) is 8.81. The van der Waals surface area contributed by atoms with Gasteiger partial charge in [0.15, 0.2) is 25.2 Å². The fourth-order valence-corrected chi connectivity index (χ4v) is 6.04. The van der Waals surface area contributed by atoms with Crippen LogP contribution in [0.5, 0.6) is 0 Å². The molecule has 4 fully saturated rings. The summed E-state index contributed by atoms with van der Waals surface area (Å²) in [5.74, 6) is 0. The molecule has 0 spiro atoms. The van der Waals surface area contributed by atoms with Crippen LogP contribution in [0.2, 0.25) is 0 Å². The number of hydrogen-bond donors (Lipinski definition) is 13. The van der Waals surface area contributed by atoms with Crippen molar-refractivity contribution in [1.29, 1.82) is 0 Å². The summed E-state index contributed by atoms with van der Waals surface area (Å²) >= 11 is 3.12. The van der Waals surface area contributed by atoms with Crippen LogP contribution < -0.4 is 0 Å². The molecule has 0 radical (unpaired) electrons. The molecule has 4 rings (SSSR count). The highest BCUT2D eigenvalue weighted by atomic mass is 79.9. The van der Waals surface area contributed by atoms with E-state index in [0.717, 1.165) is 0 Å². The van der Waals surface area contributed by atoms with Crippen LogP contribution in [0.15, 0.2) is 0 Å². The Kier molecular flexibility index (Phi) is 13.3. The Hall–Kier alpha value is -0.320. The van der Waals surface area contributed by atoms with Crippen LogP contribution in [0.1, 0.15) is 0 Å². The molecule has 0 aliphatic carbocycles. The standard InChI is InChI=1S/C24H41BrO20/c25-1-5-18(11(31)14(34)21(38)39-5)43-23-16(36)12(32)20(8(4-28)41-23)45-24-17(37)13(33)19(7(3-27)42-24)44-22-15(35)10(30)9(29)6(2-26)40-22/h5-24,26-38H,1-4H2/t5-,6-,7-,8-,9+,10+,11-,12-,13-,14-,15-,16-,17-,18-,19-,20-,21-,22+,23+,24+/m1/s1. The third-order valence-electron chi connectivity index (χ3n) is 8.17. The Morgan fingerprint density at radius 2 is 0.756 bits per heavy atom. The van der Waals surface area contributed by atoms with Gasteiger partial charge in [-0.05, 0) is 0 Å². The molecule has 0 aromatic rings. The van der Waals surface area contributed by atoms with E-state index in [1.54, 1.807) is 0 Å². The number of rotatable bonds is 10. The topological polar surface area (TPSA) is 328 Å². The second kappa shape index (κ2) is 15.9. The van der Waals surface area contributed by atoms with Gasteiger partial charge in [-0.2, -0.15) is 0 Å². The lowest BCUT2D eigenvalue weighted by atomic mass is 9.95. The van der Waals surface area contributed by atoms with Gasteiger partial charge < -0.3 is 99.5 Å². The Morgan fingerprint density at radius 3 is 1.16 bits per heavy atom. The average Bonchev–Trinajstić information content (AvgIpc) is 3.03. The Morgan fingerprint density at radius 1 is 0.400 bits per heavy atom. The third kappa shape index (κ3) is 7.64. The van der Waals surface area contributed by atoms with E-state index >= 15 is 0 Å². The summed E-state index contributed by atoms with van der Waals surface area (Å²) in [5, 5.41) is 133. The molecule has 21 heteroatoms. The van der Waals surface area contributed by atoms with Crippen LogP contribution in [0.4, 0.5) is 0 Å². The van der Waals surface area contributed by atoms with E-state index in [4.69, 9.17) is 33.2 Å². The van der Waals surface area contributed by atoms with Gasteiger partial charge in [-0.15, -0.1) is 0 Å². The zero-order valence-electron chi connectivity index (χ0n) is 23.4. The maximum atomic E-state index is 10.9. The van der Waals surface area contributed by atoms with E-state index < -0.39 is 143 Å². The van der Waals surface area contributed by atoms with Crippen molar-refractivity contribution in [3.63, 3.8) is 0 Å². The van der Waals surface area contributed by atoms with Gasteiger partial charge in [-0.1, -0.05) is 15.9 Å². The molecule has 0 aromatic heterocycles. The first kappa shape index (κ1) is 37.5. The molecule has 4 aliphatic heterocycles. The Labute approximate surface area is 263 Å². The number of alkyl halides is 1. The van der Waals surface area contributed by atoms with E-state index in [9.17, 15) is 66.4 Å². The maximum Gasteiger partial charge on any atom is 0.187 e. The first-order valence-corrected chi connectivity index (χ1v) is 15.2. The zero-order valence-corrected chi connectivity index (χ0v) is 25.0. The van der Waals surface area contributed by atoms with Crippen molar-refractivity contribution in [3.8, 4) is 0 Å². The zero-order chi connectivity index (χ0) is 33.3. The second-order valence-corrected chi connectivity index (χ2v) is 11.8. The molecule has 20 nitrogen and oxygen atoms in total. The number of aliphatic hydroxyl groups is 13. The summed E-state index contributed by atoms with van der Waals surface area (Å²) < 4.78 is 38.2. The molecule has 0 saturated carbocycles. The van der Waals surface area contributed by atoms with Crippen LogP contribution in [0.3, 0.4) is 0 Å². The molecule has 20 atom stereocenters. The summed E-state index contributed by atoms with van der Waals surface area (Å²) in [4.78, 5) is 0. The molecule has 0 amide bonds. The molecule has 45 heavy (non-hydrogen) atoms. The summed E-state index contributed by atoms with van der Waals surface area (Å²) in [6.07, 6.45) is -33.9. The molecule has 4 heterocycles. The van der Waals surface area contributed by atoms with Crippen LogP contribution in [-0.4, -0.2) is 214 Å². The van der Waals surface area contributed by atoms with Crippen LogP contribution in [0.25, 0.3) is 0 Å². The molecule has 264 valence electrons. The highest BCUT2D eigenvalue weighted by Gasteiger charge is 2.55. The van der Waals surface area contributed by atoms with Gasteiger partial charge in [0.25, 0.3) is 0 Å². The van der Waals surface area contributed by atoms with Gasteiger partial charge in [0.1, 0.15) is 91.6 Å². The normalized spacial score (nSPS) is 52.9. The van der Waals surface area contributed by atoms with Crippen molar-refractivity contribution < 1.29 is 99.5 Å². The fourth-order valence-electron chi connectivity index (χ4n) is 5.52. The highest BCUT2D eigenvalue weighted by molar-refractivity contribution is 9.09. The fraction of sp³-hybridized carbons (Fsp3) is 1.00. The summed E-state index contributed by atoms with van der Waals surface area (Å²) in [6.45, 7) is -2.51. The van der Waals surface area contributed by atoms with Crippen molar-refractivity contribution in [2.45, 2.75) is 123 Å². The lowest BCUT2D eigenvalue weighted by Gasteiger charge is -2.49.